The van der Waals surface area contributed by atoms with Gasteiger partial charge in [0.15, 0.2) is 0 Å². The normalized spacial score (nSPS) is 32.2. The highest BCUT2D eigenvalue weighted by Gasteiger charge is 2.53. The van der Waals surface area contributed by atoms with E-state index in [4.69, 9.17) is 0 Å². The van der Waals surface area contributed by atoms with Crippen LogP contribution in [-0.2, 0) is 0 Å². The summed E-state index contributed by atoms with van der Waals surface area (Å²) in [7, 11) is 0. The van der Waals surface area contributed by atoms with Crippen LogP contribution in [0, 0.1) is 17.8 Å². The molecule has 1 aliphatic heterocycles. The van der Waals surface area contributed by atoms with Gasteiger partial charge in [-0.2, -0.15) is 0 Å². The second-order valence-corrected chi connectivity index (χ2v) is 10.1. The molecule has 0 spiro atoms. The van der Waals surface area contributed by atoms with Gasteiger partial charge in [0.05, 0.1) is 6.04 Å². The second-order valence-electron chi connectivity index (χ2n) is 10.1. The summed E-state index contributed by atoms with van der Waals surface area (Å²) in [5, 5.41) is 7.20. The number of carbonyl (C=O) groups is 1. The highest BCUT2D eigenvalue weighted by atomic mass is 16.1. The highest BCUT2D eigenvalue weighted by molar-refractivity contribution is 5.95. The first kappa shape index (κ1) is 18.5. The summed E-state index contributed by atoms with van der Waals surface area (Å²) in [5.41, 5.74) is 4.90. The van der Waals surface area contributed by atoms with E-state index >= 15 is 0 Å². The fourth-order valence-corrected chi connectivity index (χ4v) is 7.13. The van der Waals surface area contributed by atoms with E-state index in [1.165, 1.54) is 55.3 Å². The molecule has 156 valence electrons. The minimum atomic E-state index is 0.120. The molecular weight excluding hydrogens is 368 g/mol. The van der Waals surface area contributed by atoms with Crippen LogP contribution in [0.2, 0.25) is 0 Å². The third-order valence-electron chi connectivity index (χ3n) is 8.45. The average Bonchev–Trinajstić information content (AvgIpc) is 3.42. The van der Waals surface area contributed by atoms with Crippen molar-refractivity contribution in [2.24, 2.45) is 17.8 Å². The molecule has 4 aliphatic rings. The van der Waals surface area contributed by atoms with Crippen LogP contribution in [-0.4, -0.2) is 11.9 Å². The summed E-state index contributed by atoms with van der Waals surface area (Å²) in [6, 6.07) is 18.1. The molecule has 2 aromatic carbocycles. The summed E-state index contributed by atoms with van der Waals surface area (Å²) in [4.78, 5) is 13.0. The molecular formula is C27H32N2O. The number of rotatable bonds is 3. The number of hydrogen-bond donors (Lipinski definition) is 2. The molecule has 3 saturated carbocycles. The van der Waals surface area contributed by atoms with Gasteiger partial charge in [-0.25, -0.2) is 0 Å². The first-order chi connectivity index (χ1) is 14.8. The van der Waals surface area contributed by atoms with Gasteiger partial charge in [0.2, 0.25) is 0 Å². The lowest BCUT2D eigenvalue weighted by atomic mass is 9.68. The van der Waals surface area contributed by atoms with Crippen LogP contribution in [0.25, 0.3) is 0 Å². The van der Waals surface area contributed by atoms with Crippen LogP contribution >= 0.6 is 0 Å². The van der Waals surface area contributed by atoms with Crippen molar-refractivity contribution in [3.8, 4) is 0 Å². The Balaban J connectivity index is 1.32. The van der Waals surface area contributed by atoms with Crippen molar-refractivity contribution in [3.63, 3.8) is 0 Å². The Labute approximate surface area is 179 Å². The predicted octanol–water partition coefficient (Wildman–Crippen LogP) is 6.05. The van der Waals surface area contributed by atoms with Crippen molar-refractivity contribution in [2.45, 2.75) is 69.4 Å². The van der Waals surface area contributed by atoms with Crippen molar-refractivity contribution >= 4 is 11.6 Å². The smallest absolute Gasteiger partial charge is 0.251 e. The van der Waals surface area contributed by atoms with Crippen molar-refractivity contribution in [1.29, 1.82) is 0 Å². The molecule has 2 bridgehead atoms. The molecule has 0 aromatic heterocycles. The number of anilines is 1. The number of hydrogen-bond acceptors (Lipinski definition) is 2. The van der Waals surface area contributed by atoms with Gasteiger partial charge >= 0.3 is 0 Å². The van der Waals surface area contributed by atoms with E-state index in [2.05, 4.69) is 53.1 Å². The Morgan fingerprint density at radius 3 is 2.53 bits per heavy atom. The van der Waals surface area contributed by atoms with E-state index < -0.39 is 0 Å². The fourth-order valence-electron chi connectivity index (χ4n) is 7.13. The second kappa shape index (κ2) is 7.44. The molecule has 3 nitrogen and oxygen atoms in total. The summed E-state index contributed by atoms with van der Waals surface area (Å²) in [5.74, 6) is 2.95. The zero-order chi connectivity index (χ0) is 20.1. The Kier molecular flexibility index (Phi) is 4.58. The van der Waals surface area contributed by atoms with Gasteiger partial charge in [-0.05, 0) is 85.1 Å². The first-order valence-electron chi connectivity index (χ1n) is 12.0. The maximum absolute atomic E-state index is 13.0. The molecule has 3 fully saturated rings. The Morgan fingerprint density at radius 2 is 1.70 bits per heavy atom. The largest absolute Gasteiger partial charge is 0.378 e. The maximum Gasteiger partial charge on any atom is 0.251 e. The third kappa shape index (κ3) is 3.05. The van der Waals surface area contributed by atoms with Crippen LogP contribution < -0.4 is 10.6 Å². The quantitative estimate of drug-likeness (QED) is 0.659. The molecule has 0 radical (unpaired) electrons. The molecule has 30 heavy (non-hydrogen) atoms. The fraction of sp³-hybridized carbons (Fsp3) is 0.519. The summed E-state index contributed by atoms with van der Waals surface area (Å²) < 4.78 is 0. The van der Waals surface area contributed by atoms with Crippen LogP contribution in [0.5, 0.6) is 0 Å². The van der Waals surface area contributed by atoms with Gasteiger partial charge in [-0.15, -0.1) is 0 Å². The van der Waals surface area contributed by atoms with Crippen molar-refractivity contribution < 1.29 is 4.79 Å². The Bertz CT molecular complexity index is 933. The molecule has 5 atom stereocenters. The molecule has 2 N–H and O–H groups in total. The number of nitrogens with one attached hydrogen (secondary N) is 2. The number of carbonyl (C=O) groups excluding carboxylic acids is 1. The topological polar surface area (TPSA) is 41.1 Å². The summed E-state index contributed by atoms with van der Waals surface area (Å²) in [6.45, 7) is 0. The van der Waals surface area contributed by atoms with Crippen LogP contribution in [0.4, 0.5) is 5.69 Å². The molecule has 1 amide bonds. The SMILES string of the molecule is O=C(NC1CCCCC1)c1ccc2c(c1)[C@@H]1[C@H]3CC[C@@H](C3)[C@@H]1[C@H](c1ccccc1)N2. The lowest BCUT2D eigenvalue weighted by Crippen LogP contribution is -2.37. The van der Waals surface area contributed by atoms with E-state index in [1.807, 2.05) is 6.07 Å². The predicted molar refractivity (Wildman–Crippen MR) is 121 cm³/mol. The van der Waals surface area contributed by atoms with E-state index in [1.54, 1.807) is 0 Å². The van der Waals surface area contributed by atoms with Crippen LogP contribution in [0.15, 0.2) is 48.5 Å². The van der Waals surface area contributed by atoms with Gasteiger partial charge < -0.3 is 10.6 Å². The number of fused-ring (bicyclic) bond motifs is 7. The van der Waals surface area contributed by atoms with Crippen molar-refractivity contribution in [1.82, 2.24) is 5.32 Å². The highest BCUT2D eigenvalue weighted by Crippen LogP contribution is 2.63. The minimum absolute atomic E-state index is 0.120. The zero-order valence-electron chi connectivity index (χ0n) is 17.6. The molecule has 1 heterocycles. The monoisotopic (exact) mass is 400 g/mol. The number of benzene rings is 2. The summed E-state index contributed by atoms with van der Waals surface area (Å²) >= 11 is 0. The van der Waals surface area contributed by atoms with Gasteiger partial charge in [-0.3, -0.25) is 4.79 Å². The lowest BCUT2D eigenvalue weighted by Gasteiger charge is -2.43. The molecule has 3 aliphatic carbocycles. The van der Waals surface area contributed by atoms with Gasteiger partial charge in [0, 0.05) is 17.3 Å². The van der Waals surface area contributed by atoms with Crippen LogP contribution in [0.3, 0.4) is 0 Å². The third-order valence-corrected chi connectivity index (χ3v) is 8.45. The molecule has 3 heteroatoms. The van der Waals surface area contributed by atoms with Gasteiger partial charge in [0.1, 0.15) is 0 Å². The minimum Gasteiger partial charge on any atom is -0.378 e. The van der Waals surface area contributed by atoms with E-state index in [0.29, 0.717) is 23.9 Å². The molecule has 2 aromatic rings. The molecule has 0 unspecified atom stereocenters. The van der Waals surface area contributed by atoms with E-state index in [0.717, 1.165) is 30.2 Å². The first-order valence-corrected chi connectivity index (χ1v) is 12.0. The van der Waals surface area contributed by atoms with Crippen molar-refractivity contribution in [3.05, 3.63) is 65.2 Å². The Morgan fingerprint density at radius 1 is 0.900 bits per heavy atom. The number of amides is 1. The standard InChI is InChI=1S/C27H32N2O/c30-27(28-21-9-5-2-6-10-21)20-13-14-23-22(16-20)24-18-11-12-19(15-18)25(24)26(29-23)17-7-3-1-4-8-17/h1,3-4,7-8,13-14,16,18-19,21,24-26,29H,2,5-6,9-12,15H2,(H,28,30)/t18-,19-,24-,25-,26-/m0/s1. The van der Waals surface area contributed by atoms with Gasteiger partial charge in [-0.1, -0.05) is 49.6 Å². The van der Waals surface area contributed by atoms with Crippen molar-refractivity contribution in [2.75, 3.05) is 5.32 Å². The zero-order valence-corrected chi connectivity index (χ0v) is 17.6. The van der Waals surface area contributed by atoms with Crippen LogP contribution in [0.1, 0.15) is 84.8 Å². The molecule has 6 rings (SSSR count). The average molecular weight is 401 g/mol. The maximum atomic E-state index is 13.0. The molecule has 0 saturated heterocycles. The lowest BCUT2D eigenvalue weighted by molar-refractivity contribution is 0.0927. The summed E-state index contributed by atoms with van der Waals surface area (Å²) in [6.07, 6.45) is 10.1. The Hall–Kier alpha value is -2.29. The van der Waals surface area contributed by atoms with E-state index in [-0.39, 0.29) is 5.91 Å². The van der Waals surface area contributed by atoms with E-state index in [9.17, 15) is 4.79 Å². The van der Waals surface area contributed by atoms with Gasteiger partial charge in [0.25, 0.3) is 5.91 Å².